The van der Waals surface area contributed by atoms with Gasteiger partial charge in [0, 0.05) is 17.2 Å². The number of halogens is 1. The molecule has 0 aromatic carbocycles. The third kappa shape index (κ3) is 2.64. The van der Waals surface area contributed by atoms with Crippen LogP contribution in [0.4, 0.5) is 4.39 Å². The SMILES string of the molecule is COc1ccc2ncc(F)c(C(O)C(O)C34CCC(N)(CC3)CO4)c2n1. The summed E-state index contributed by atoms with van der Waals surface area (Å²) >= 11 is 0. The molecule has 2 aromatic heterocycles. The summed E-state index contributed by atoms with van der Waals surface area (Å²) in [4.78, 5) is 8.21. The Morgan fingerprint density at radius 2 is 2.00 bits per heavy atom. The third-order valence-electron chi connectivity index (χ3n) is 5.76. The minimum absolute atomic E-state index is 0.102. The number of nitrogens with zero attached hydrogens (tertiary/aromatic N) is 2. The monoisotopic (exact) mass is 363 g/mol. The molecule has 4 heterocycles. The van der Waals surface area contributed by atoms with Crippen molar-refractivity contribution in [1.82, 2.24) is 9.97 Å². The Hall–Kier alpha value is -1.87. The highest BCUT2D eigenvalue weighted by molar-refractivity contribution is 5.79. The number of aromatic nitrogens is 2. The first-order valence-electron chi connectivity index (χ1n) is 8.66. The summed E-state index contributed by atoms with van der Waals surface area (Å²) in [7, 11) is 1.45. The van der Waals surface area contributed by atoms with Crippen LogP contribution in [-0.2, 0) is 4.74 Å². The van der Waals surface area contributed by atoms with Crippen molar-refractivity contribution in [3.05, 3.63) is 29.7 Å². The number of pyridine rings is 2. The van der Waals surface area contributed by atoms with E-state index in [0.29, 0.717) is 37.8 Å². The van der Waals surface area contributed by atoms with E-state index < -0.39 is 23.6 Å². The quantitative estimate of drug-likeness (QED) is 0.749. The van der Waals surface area contributed by atoms with Gasteiger partial charge in [0.05, 0.1) is 31.0 Å². The molecule has 3 aliphatic rings. The summed E-state index contributed by atoms with van der Waals surface area (Å²) in [6.07, 6.45) is 0.633. The molecule has 2 aromatic rings. The zero-order chi connectivity index (χ0) is 18.5. The second kappa shape index (κ2) is 6.09. The van der Waals surface area contributed by atoms with Crippen molar-refractivity contribution in [3.8, 4) is 5.88 Å². The van der Waals surface area contributed by atoms with Gasteiger partial charge in [-0.2, -0.15) is 0 Å². The van der Waals surface area contributed by atoms with Crippen molar-refractivity contribution in [2.75, 3.05) is 13.7 Å². The van der Waals surface area contributed by atoms with E-state index in [4.69, 9.17) is 15.2 Å². The number of fused-ring (bicyclic) bond motifs is 4. The number of rotatable bonds is 4. The minimum atomic E-state index is -1.51. The lowest BCUT2D eigenvalue weighted by molar-refractivity contribution is -0.223. The Balaban J connectivity index is 1.74. The van der Waals surface area contributed by atoms with E-state index in [1.165, 1.54) is 7.11 Å². The van der Waals surface area contributed by atoms with Crippen LogP contribution in [0.25, 0.3) is 11.0 Å². The molecular formula is C18H22FN3O4. The van der Waals surface area contributed by atoms with Crippen LogP contribution in [-0.4, -0.2) is 51.1 Å². The Morgan fingerprint density at radius 1 is 1.27 bits per heavy atom. The van der Waals surface area contributed by atoms with Gasteiger partial charge in [-0.1, -0.05) is 0 Å². The standard InChI is InChI=1S/C18H22FN3O4/c1-25-12-3-2-11-14(22-12)13(10(19)8-21-11)15(23)16(24)18-6-4-17(20,5-7-18)9-26-18/h2-3,8,15-16,23-24H,4-7,9,20H2,1H3. The van der Waals surface area contributed by atoms with Gasteiger partial charge >= 0.3 is 0 Å². The molecule has 8 heteroatoms. The fourth-order valence-electron chi connectivity index (χ4n) is 4.01. The van der Waals surface area contributed by atoms with Crippen LogP contribution >= 0.6 is 0 Å². The van der Waals surface area contributed by atoms with Crippen molar-refractivity contribution in [2.45, 2.75) is 49.0 Å². The van der Waals surface area contributed by atoms with E-state index in [9.17, 15) is 14.6 Å². The molecular weight excluding hydrogens is 341 g/mol. The molecule has 7 nitrogen and oxygen atoms in total. The molecule has 2 unspecified atom stereocenters. The number of hydrogen-bond acceptors (Lipinski definition) is 7. The predicted molar refractivity (Wildman–Crippen MR) is 91.1 cm³/mol. The number of hydrogen-bond donors (Lipinski definition) is 3. The highest BCUT2D eigenvalue weighted by Crippen LogP contribution is 2.47. The Bertz CT molecular complexity index is 822. The zero-order valence-electron chi connectivity index (χ0n) is 14.5. The molecule has 26 heavy (non-hydrogen) atoms. The highest BCUT2D eigenvalue weighted by Gasteiger charge is 2.54. The van der Waals surface area contributed by atoms with Crippen molar-refractivity contribution >= 4 is 11.0 Å². The average molecular weight is 363 g/mol. The van der Waals surface area contributed by atoms with E-state index in [0.717, 1.165) is 6.20 Å². The molecule has 0 radical (unpaired) electrons. The average Bonchev–Trinajstić information content (AvgIpc) is 2.67. The van der Waals surface area contributed by atoms with Crippen LogP contribution in [0.3, 0.4) is 0 Å². The van der Waals surface area contributed by atoms with Gasteiger partial charge in [-0.3, -0.25) is 4.98 Å². The predicted octanol–water partition coefficient (Wildman–Crippen LogP) is 1.21. The van der Waals surface area contributed by atoms with Gasteiger partial charge in [-0.05, 0) is 31.7 Å². The summed E-state index contributed by atoms with van der Waals surface area (Å²) in [6.45, 7) is 0.322. The summed E-state index contributed by atoms with van der Waals surface area (Å²) in [5, 5.41) is 21.8. The van der Waals surface area contributed by atoms with Crippen LogP contribution in [0.1, 0.15) is 37.4 Å². The van der Waals surface area contributed by atoms with E-state index in [-0.39, 0.29) is 22.5 Å². The second-order valence-electron chi connectivity index (χ2n) is 7.35. The fraction of sp³-hybridized carbons (Fsp3) is 0.556. The Morgan fingerprint density at radius 3 is 2.62 bits per heavy atom. The number of methoxy groups -OCH3 is 1. The molecule has 1 aliphatic carbocycles. The third-order valence-corrected chi connectivity index (χ3v) is 5.76. The Labute approximate surface area is 150 Å². The first-order valence-corrected chi connectivity index (χ1v) is 8.66. The molecule has 2 aliphatic heterocycles. The highest BCUT2D eigenvalue weighted by atomic mass is 19.1. The van der Waals surface area contributed by atoms with Gasteiger partial charge in [0.2, 0.25) is 5.88 Å². The molecule has 5 rings (SSSR count). The number of aliphatic hydroxyl groups is 2. The topological polar surface area (TPSA) is 111 Å². The molecule has 4 N–H and O–H groups in total. The van der Waals surface area contributed by atoms with Gasteiger partial charge in [0.1, 0.15) is 23.5 Å². The fourth-order valence-corrected chi connectivity index (χ4v) is 4.01. The molecule has 2 atom stereocenters. The van der Waals surface area contributed by atoms with Gasteiger partial charge in [-0.25, -0.2) is 9.37 Å². The molecule has 1 saturated carbocycles. The first kappa shape index (κ1) is 17.5. The largest absolute Gasteiger partial charge is 0.481 e. The maximum absolute atomic E-state index is 14.6. The zero-order valence-corrected chi connectivity index (χ0v) is 14.5. The van der Waals surface area contributed by atoms with E-state index in [1.807, 2.05) is 0 Å². The van der Waals surface area contributed by atoms with Crippen LogP contribution in [0.5, 0.6) is 5.88 Å². The summed E-state index contributed by atoms with van der Waals surface area (Å²) < 4.78 is 25.5. The number of aliphatic hydroxyl groups excluding tert-OH is 2. The van der Waals surface area contributed by atoms with Crippen LogP contribution in [0.2, 0.25) is 0 Å². The van der Waals surface area contributed by atoms with Gasteiger partial charge in [-0.15, -0.1) is 0 Å². The van der Waals surface area contributed by atoms with Crippen LogP contribution in [0.15, 0.2) is 18.3 Å². The van der Waals surface area contributed by atoms with E-state index in [2.05, 4.69) is 9.97 Å². The molecule has 0 amide bonds. The lowest BCUT2D eigenvalue weighted by Gasteiger charge is -2.53. The van der Waals surface area contributed by atoms with Gasteiger partial charge < -0.3 is 25.4 Å². The number of nitrogens with two attached hydrogens (primary N) is 1. The summed E-state index contributed by atoms with van der Waals surface area (Å²) in [6, 6.07) is 3.23. The van der Waals surface area contributed by atoms with Crippen molar-refractivity contribution < 1.29 is 24.1 Å². The Kier molecular flexibility index (Phi) is 4.11. The van der Waals surface area contributed by atoms with E-state index in [1.54, 1.807) is 12.1 Å². The minimum Gasteiger partial charge on any atom is -0.481 e. The number of ether oxygens (including phenoxy) is 2. The summed E-state index contributed by atoms with van der Waals surface area (Å²) in [5.41, 5.74) is 5.38. The smallest absolute Gasteiger partial charge is 0.213 e. The molecule has 3 fully saturated rings. The molecule has 140 valence electrons. The summed E-state index contributed by atoms with van der Waals surface area (Å²) in [5.74, 6) is -0.466. The molecule has 0 spiro atoms. The van der Waals surface area contributed by atoms with Crippen molar-refractivity contribution in [1.29, 1.82) is 0 Å². The first-order chi connectivity index (χ1) is 12.4. The second-order valence-corrected chi connectivity index (χ2v) is 7.35. The normalized spacial score (nSPS) is 30.3. The maximum Gasteiger partial charge on any atom is 0.213 e. The van der Waals surface area contributed by atoms with Crippen LogP contribution < -0.4 is 10.5 Å². The van der Waals surface area contributed by atoms with Gasteiger partial charge in [0.15, 0.2) is 0 Å². The molecule has 2 bridgehead atoms. The lowest BCUT2D eigenvalue weighted by Crippen LogP contribution is -2.64. The van der Waals surface area contributed by atoms with E-state index >= 15 is 0 Å². The van der Waals surface area contributed by atoms with Crippen molar-refractivity contribution in [3.63, 3.8) is 0 Å². The molecule has 2 saturated heterocycles. The lowest BCUT2D eigenvalue weighted by atomic mass is 9.68. The van der Waals surface area contributed by atoms with Crippen molar-refractivity contribution in [2.24, 2.45) is 5.73 Å². The van der Waals surface area contributed by atoms with Gasteiger partial charge in [0.25, 0.3) is 0 Å². The van der Waals surface area contributed by atoms with Crippen LogP contribution in [0, 0.1) is 5.82 Å². The maximum atomic E-state index is 14.6.